The van der Waals surface area contributed by atoms with Crippen molar-refractivity contribution in [3.63, 3.8) is 0 Å². The molecule has 4 heterocycles. The van der Waals surface area contributed by atoms with Gasteiger partial charge in [-0.2, -0.15) is 0 Å². The molecule has 1 fully saturated rings. The Bertz CT molecular complexity index is 846. The first-order valence-corrected chi connectivity index (χ1v) is 10.2. The van der Waals surface area contributed by atoms with Crippen LogP contribution in [0.25, 0.3) is 11.0 Å². The van der Waals surface area contributed by atoms with E-state index in [1.54, 1.807) is 11.8 Å². The van der Waals surface area contributed by atoms with Crippen molar-refractivity contribution in [3.05, 3.63) is 35.1 Å². The van der Waals surface area contributed by atoms with E-state index >= 15 is 0 Å². The largest absolute Gasteiger partial charge is 0.348 e. The van der Waals surface area contributed by atoms with Crippen LogP contribution in [-0.4, -0.2) is 46.8 Å². The lowest BCUT2D eigenvalue weighted by atomic mass is 10.1. The quantitative estimate of drug-likeness (QED) is 0.726. The average molecular weight is 408 g/mol. The van der Waals surface area contributed by atoms with Gasteiger partial charge in [-0.15, -0.1) is 24.2 Å². The summed E-state index contributed by atoms with van der Waals surface area (Å²) in [7, 11) is 0. The number of halogens is 1. The van der Waals surface area contributed by atoms with Gasteiger partial charge in [-0.1, -0.05) is 0 Å². The second-order valence-electron chi connectivity index (χ2n) is 7.03. The zero-order valence-electron chi connectivity index (χ0n) is 15.6. The smallest absolute Gasteiger partial charge is 0.259 e. The summed E-state index contributed by atoms with van der Waals surface area (Å²) in [5.41, 5.74) is 3.16. The summed E-state index contributed by atoms with van der Waals surface area (Å²) in [6.07, 6.45) is 8.09. The van der Waals surface area contributed by atoms with Crippen LogP contribution in [0.4, 0.5) is 5.69 Å². The molecule has 2 aromatic rings. The van der Waals surface area contributed by atoms with E-state index in [0.29, 0.717) is 6.04 Å². The third-order valence-corrected chi connectivity index (χ3v) is 6.19. The maximum atomic E-state index is 12.7. The molecule has 146 valence electrons. The molecule has 0 saturated carbocycles. The highest BCUT2D eigenvalue weighted by molar-refractivity contribution is 8.04. The monoisotopic (exact) mass is 407 g/mol. The number of amides is 1. The first-order valence-electron chi connectivity index (χ1n) is 9.21. The van der Waals surface area contributed by atoms with Crippen molar-refractivity contribution in [1.29, 1.82) is 0 Å². The van der Waals surface area contributed by atoms with E-state index in [4.69, 9.17) is 0 Å². The van der Waals surface area contributed by atoms with E-state index in [0.717, 1.165) is 46.9 Å². The normalized spacial score (nSPS) is 20.9. The molecule has 2 aliphatic heterocycles. The first-order chi connectivity index (χ1) is 12.6. The molecule has 8 heteroatoms. The highest BCUT2D eigenvalue weighted by Gasteiger charge is 2.25. The molecule has 3 N–H and O–H groups in total. The highest BCUT2D eigenvalue weighted by Crippen LogP contribution is 2.32. The third kappa shape index (κ3) is 4.10. The predicted molar refractivity (Wildman–Crippen MR) is 115 cm³/mol. The molecule has 27 heavy (non-hydrogen) atoms. The number of aromatic nitrogens is 2. The minimum absolute atomic E-state index is 0. The van der Waals surface area contributed by atoms with Gasteiger partial charge in [0, 0.05) is 48.4 Å². The van der Waals surface area contributed by atoms with Crippen molar-refractivity contribution >= 4 is 46.8 Å². The Morgan fingerprint density at radius 3 is 3.11 bits per heavy atom. The number of carbonyl (C=O) groups excluding carboxylic acids is 1. The van der Waals surface area contributed by atoms with Crippen molar-refractivity contribution in [3.8, 4) is 0 Å². The number of aromatic amines is 1. The number of rotatable bonds is 4. The van der Waals surface area contributed by atoms with E-state index in [-0.39, 0.29) is 24.4 Å². The predicted octanol–water partition coefficient (Wildman–Crippen LogP) is 2.94. The molecule has 0 aromatic carbocycles. The van der Waals surface area contributed by atoms with Gasteiger partial charge in [0.15, 0.2) is 0 Å². The second-order valence-corrected chi connectivity index (χ2v) is 8.16. The number of H-pyrrole nitrogens is 1. The SMILES string of the molecule is Cc1c[nH]c2nccc(N3C=C(C(=O)NC(C)[C@@H]4CCCN4)SCC3)c12.Cl. The summed E-state index contributed by atoms with van der Waals surface area (Å²) in [5, 5.41) is 7.76. The van der Waals surface area contributed by atoms with Gasteiger partial charge < -0.3 is 20.5 Å². The first kappa shape index (κ1) is 20.0. The Morgan fingerprint density at radius 1 is 1.48 bits per heavy atom. The second kappa shape index (κ2) is 8.54. The van der Waals surface area contributed by atoms with Gasteiger partial charge in [-0.05, 0) is 44.9 Å². The topological polar surface area (TPSA) is 73.0 Å². The lowest BCUT2D eigenvalue weighted by Gasteiger charge is -2.28. The molecular weight excluding hydrogens is 382 g/mol. The molecule has 1 saturated heterocycles. The van der Waals surface area contributed by atoms with Crippen LogP contribution in [-0.2, 0) is 4.79 Å². The van der Waals surface area contributed by atoms with Gasteiger partial charge in [0.1, 0.15) is 5.65 Å². The number of hydrogen-bond acceptors (Lipinski definition) is 5. The average Bonchev–Trinajstić information content (AvgIpc) is 3.32. The van der Waals surface area contributed by atoms with Gasteiger partial charge in [-0.25, -0.2) is 4.98 Å². The van der Waals surface area contributed by atoms with E-state index in [1.807, 2.05) is 24.7 Å². The molecule has 6 nitrogen and oxygen atoms in total. The molecule has 1 amide bonds. The molecule has 2 atom stereocenters. The number of thioether (sulfide) groups is 1. The molecule has 4 rings (SSSR count). The van der Waals surface area contributed by atoms with Crippen LogP contribution in [0.15, 0.2) is 29.6 Å². The number of carbonyl (C=O) groups is 1. The molecule has 0 radical (unpaired) electrons. The van der Waals surface area contributed by atoms with Crippen molar-refractivity contribution in [1.82, 2.24) is 20.6 Å². The van der Waals surface area contributed by atoms with Gasteiger partial charge in [0.2, 0.25) is 0 Å². The zero-order chi connectivity index (χ0) is 18.1. The summed E-state index contributed by atoms with van der Waals surface area (Å²) >= 11 is 1.63. The van der Waals surface area contributed by atoms with Crippen LogP contribution >= 0.6 is 24.2 Å². The summed E-state index contributed by atoms with van der Waals surface area (Å²) in [5.74, 6) is 0.916. The maximum absolute atomic E-state index is 12.7. The standard InChI is InChI=1S/C19H25N5OS.ClH/c1-12-10-22-18-17(12)15(5-7-21-18)24-8-9-26-16(11-24)19(25)23-13(2)14-4-3-6-20-14;/h5,7,10-11,13-14,20H,3-4,6,8-9H2,1-2H3,(H,21,22)(H,23,25);1H/t13?,14-;/m0./s1. The lowest BCUT2D eigenvalue weighted by molar-refractivity contribution is -0.117. The highest BCUT2D eigenvalue weighted by atomic mass is 35.5. The van der Waals surface area contributed by atoms with Gasteiger partial charge in [-0.3, -0.25) is 4.79 Å². The summed E-state index contributed by atoms with van der Waals surface area (Å²) in [6.45, 7) is 6.09. The minimum atomic E-state index is 0. The van der Waals surface area contributed by atoms with E-state index < -0.39 is 0 Å². The number of nitrogens with zero attached hydrogens (tertiary/aromatic N) is 2. The van der Waals surface area contributed by atoms with Crippen LogP contribution in [0.3, 0.4) is 0 Å². The molecule has 0 spiro atoms. The van der Waals surface area contributed by atoms with Gasteiger partial charge in [0.25, 0.3) is 5.91 Å². The zero-order valence-corrected chi connectivity index (χ0v) is 17.3. The number of nitrogens with one attached hydrogen (secondary N) is 3. The van der Waals surface area contributed by atoms with Crippen molar-refractivity contribution in [2.45, 2.75) is 38.8 Å². The van der Waals surface area contributed by atoms with Crippen LogP contribution < -0.4 is 15.5 Å². The number of pyridine rings is 1. The van der Waals surface area contributed by atoms with Crippen LogP contribution in [0.2, 0.25) is 0 Å². The van der Waals surface area contributed by atoms with Crippen molar-refractivity contribution in [2.75, 3.05) is 23.7 Å². The van der Waals surface area contributed by atoms with Crippen LogP contribution in [0, 0.1) is 6.92 Å². The number of aryl methyl sites for hydroxylation is 1. The molecular formula is C19H26ClN5OS. The number of hydrogen-bond donors (Lipinski definition) is 3. The Balaban J connectivity index is 0.00000210. The lowest BCUT2D eigenvalue weighted by Crippen LogP contribution is -2.46. The Hall–Kier alpha value is -1.70. The third-order valence-electron chi connectivity index (χ3n) is 5.21. The van der Waals surface area contributed by atoms with E-state index in [1.165, 1.54) is 12.0 Å². The Morgan fingerprint density at radius 2 is 2.33 bits per heavy atom. The van der Waals surface area contributed by atoms with Gasteiger partial charge >= 0.3 is 0 Å². The summed E-state index contributed by atoms with van der Waals surface area (Å²) in [6, 6.07) is 2.55. The number of fused-ring (bicyclic) bond motifs is 1. The Labute approximate surface area is 170 Å². The summed E-state index contributed by atoms with van der Waals surface area (Å²) < 4.78 is 0. The Kier molecular flexibility index (Phi) is 6.34. The van der Waals surface area contributed by atoms with Crippen LogP contribution in [0.5, 0.6) is 0 Å². The van der Waals surface area contributed by atoms with Crippen molar-refractivity contribution < 1.29 is 4.79 Å². The fraction of sp³-hybridized carbons (Fsp3) is 0.474. The maximum Gasteiger partial charge on any atom is 0.259 e. The number of anilines is 1. The molecule has 2 aliphatic rings. The van der Waals surface area contributed by atoms with Crippen molar-refractivity contribution in [2.24, 2.45) is 0 Å². The minimum Gasteiger partial charge on any atom is -0.348 e. The molecule has 1 unspecified atom stereocenters. The molecule has 0 bridgehead atoms. The molecule has 2 aromatic heterocycles. The molecule has 0 aliphatic carbocycles. The van der Waals surface area contributed by atoms with Crippen LogP contribution in [0.1, 0.15) is 25.3 Å². The van der Waals surface area contributed by atoms with E-state index in [9.17, 15) is 4.79 Å². The van der Waals surface area contributed by atoms with E-state index in [2.05, 4.69) is 39.3 Å². The fourth-order valence-electron chi connectivity index (χ4n) is 3.77. The van der Waals surface area contributed by atoms with Gasteiger partial charge in [0.05, 0.1) is 10.6 Å². The fourth-order valence-corrected chi connectivity index (χ4v) is 4.67. The summed E-state index contributed by atoms with van der Waals surface area (Å²) in [4.78, 5) is 23.3.